The third-order valence-electron chi connectivity index (χ3n) is 4.14. The Morgan fingerprint density at radius 2 is 1.54 bits per heavy atom. The molecule has 0 bridgehead atoms. The van der Waals surface area contributed by atoms with Crippen LogP contribution in [0.15, 0.2) is 12.2 Å². The Labute approximate surface area is 146 Å². The van der Waals surface area contributed by atoms with Gasteiger partial charge in [-0.2, -0.15) is 0 Å². The minimum absolute atomic E-state index is 0.161. The van der Waals surface area contributed by atoms with Crippen molar-refractivity contribution in [2.45, 2.75) is 95.9 Å². The van der Waals surface area contributed by atoms with Gasteiger partial charge in [0.2, 0.25) is 0 Å². The number of ether oxygens (including phenoxy) is 1. The fourth-order valence-corrected chi connectivity index (χ4v) is 2.50. The number of esters is 1. The van der Waals surface area contributed by atoms with Crippen LogP contribution in [0.3, 0.4) is 0 Å². The van der Waals surface area contributed by atoms with Crippen LogP contribution in [0, 0.1) is 0 Å². The number of unbranched alkanes of at least 4 members (excludes halogenated alkanes) is 6. The van der Waals surface area contributed by atoms with E-state index < -0.39 is 18.3 Å². The van der Waals surface area contributed by atoms with E-state index in [4.69, 9.17) is 0 Å². The maximum atomic E-state index is 10.9. The molecule has 0 heterocycles. The maximum absolute atomic E-state index is 10.9. The fraction of sp³-hybridized carbons (Fsp3) is 0.842. The van der Waals surface area contributed by atoms with Crippen LogP contribution in [0.5, 0.6) is 0 Å². The Morgan fingerprint density at radius 3 is 2.21 bits per heavy atom. The van der Waals surface area contributed by atoms with Crippen LogP contribution in [0.1, 0.15) is 77.6 Å². The van der Waals surface area contributed by atoms with E-state index in [9.17, 15) is 20.1 Å². The topological polar surface area (TPSA) is 87.0 Å². The first kappa shape index (κ1) is 23.1. The van der Waals surface area contributed by atoms with Crippen molar-refractivity contribution in [2.24, 2.45) is 0 Å². The third-order valence-corrected chi connectivity index (χ3v) is 4.14. The molecule has 0 aromatic rings. The molecule has 5 heteroatoms. The Hall–Kier alpha value is -0.910. The van der Waals surface area contributed by atoms with Crippen LogP contribution < -0.4 is 0 Å². The second kappa shape index (κ2) is 15.6. The summed E-state index contributed by atoms with van der Waals surface area (Å²) in [6, 6.07) is 0. The van der Waals surface area contributed by atoms with Crippen LogP contribution in [0.2, 0.25) is 0 Å². The summed E-state index contributed by atoms with van der Waals surface area (Å²) in [4.78, 5) is 10.9. The fourth-order valence-electron chi connectivity index (χ4n) is 2.50. The van der Waals surface area contributed by atoms with E-state index in [0.29, 0.717) is 19.3 Å². The molecule has 3 atom stereocenters. The molecule has 0 aliphatic carbocycles. The number of carbonyl (C=O) groups is 1. The summed E-state index contributed by atoms with van der Waals surface area (Å²) in [5.74, 6) is -0.161. The first-order chi connectivity index (χ1) is 11.5. The Morgan fingerprint density at radius 1 is 0.917 bits per heavy atom. The molecule has 0 saturated carbocycles. The lowest BCUT2D eigenvalue weighted by Crippen LogP contribution is -2.24. The van der Waals surface area contributed by atoms with E-state index >= 15 is 0 Å². The maximum Gasteiger partial charge on any atom is 0.305 e. The molecule has 0 rings (SSSR count). The van der Waals surface area contributed by atoms with Gasteiger partial charge in [0, 0.05) is 6.42 Å². The molecule has 3 N–H and O–H groups in total. The minimum Gasteiger partial charge on any atom is -0.469 e. The van der Waals surface area contributed by atoms with Crippen LogP contribution in [0.25, 0.3) is 0 Å². The van der Waals surface area contributed by atoms with E-state index in [1.807, 2.05) is 0 Å². The molecule has 24 heavy (non-hydrogen) atoms. The molecule has 0 aliphatic rings. The van der Waals surface area contributed by atoms with Crippen LogP contribution in [0.4, 0.5) is 0 Å². The molecule has 0 amide bonds. The quantitative estimate of drug-likeness (QED) is 0.241. The zero-order valence-corrected chi connectivity index (χ0v) is 15.3. The summed E-state index contributed by atoms with van der Waals surface area (Å²) in [7, 11) is 1.40. The third kappa shape index (κ3) is 13.5. The molecule has 5 nitrogen and oxygen atoms in total. The highest BCUT2D eigenvalue weighted by molar-refractivity contribution is 5.68. The van der Waals surface area contributed by atoms with Gasteiger partial charge < -0.3 is 20.1 Å². The van der Waals surface area contributed by atoms with E-state index in [-0.39, 0.29) is 5.97 Å². The van der Waals surface area contributed by atoms with Crippen LogP contribution >= 0.6 is 0 Å². The van der Waals surface area contributed by atoms with Crippen molar-refractivity contribution >= 4 is 5.97 Å². The molecule has 0 spiro atoms. The van der Waals surface area contributed by atoms with Gasteiger partial charge in [0.05, 0.1) is 25.4 Å². The lowest BCUT2D eigenvalue weighted by Gasteiger charge is -2.14. The van der Waals surface area contributed by atoms with E-state index in [0.717, 1.165) is 51.4 Å². The Bertz CT molecular complexity index is 330. The predicted octanol–water partition coefficient (Wildman–Crippen LogP) is 3.11. The van der Waals surface area contributed by atoms with Crippen molar-refractivity contribution < 1.29 is 24.9 Å². The van der Waals surface area contributed by atoms with Crippen molar-refractivity contribution in [1.29, 1.82) is 0 Å². The number of hydrogen-bond donors (Lipinski definition) is 3. The van der Waals surface area contributed by atoms with Gasteiger partial charge in [0.25, 0.3) is 0 Å². The summed E-state index contributed by atoms with van der Waals surface area (Å²) in [5, 5.41) is 29.5. The van der Waals surface area contributed by atoms with Gasteiger partial charge in [-0.3, -0.25) is 4.79 Å². The molecule has 0 aromatic carbocycles. The normalized spacial score (nSPS) is 15.4. The number of aliphatic hydroxyl groups excluding tert-OH is 3. The summed E-state index contributed by atoms with van der Waals surface area (Å²) in [5.41, 5.74) is 0. The first-order valence-electron chi connectivity index (χ1n) is 9.30. The number of carbonyl (C=O) groups excluding carboxylic acids is 1. The number of hydrogen-bond acceptors (Lipinski definition) is 5. The zero-order valence-electron chi connectivity index (χ0n) is 15.3. The highest BCUT2D eigenvalue weighted by atomic mass is 16.5. The molecular formula is C19H36O5. The van der Waals surface area contributed by atoms with Gasteiger partial charge in [-0.15, -0.1) is 0 Å². The number of methoxy groups -OCH3 is 1. The van der Waals surface area contributed by atoms with Gasteiger partial charge >= 0.3 is 5.97 Å². The van der Waals surface area contributed by atoms with Gasteiger partial charge in [-0.1, -0.05) is 64.0 Å². The van der Waals surface area contributed by atoms with Crippen LogP contribution in [-0.2, 0) is 9.53 Å². The van der Waals surface area contributed by atoms with E-state index in [1.54, 1.807) is 6.08 Å². The second-order valence-electron chi connectivity index (χ2n) is 6.39. The predicted molar refractivity (Wildman–Crippen MR) is 95.6 cm³/mol. The summed E-state index contributed by atoms with van der Waals surface area (Å²) in [6.07, 6.45) is 10.3. The largest absolute Gasteiger partial charge is 0.469 e. The van der Waals surface area contributed by atoms with E-state index in [2.05, 4.69) is 11.7 Å². The van der Waals surface area contributed by atoms with Gasteiger partial charge in [0.15, 0.2) is 0 Å². The molecular weight excluding hydrogens is 308 g/mol. The summed E-state index contributed by atoms with van der Waals surface area (Å²) in [6.45, 7) is 2.10. The first-order valence-corrected chi connectivity index (χ1v) is 9.30. The number of aliphatic hydroxyl groups is 3. The smallest absolute Gasteiger partial charge is 0.305 e. The van der Waals surface area contributed by atoms with Gasteiger partial charge in [-0.25, -0.2) is 0 Å². The minimum atomic E-state index is -0.908. The Kier molecular flexibility index (Phi) is 15.0. The highest BCUT2D eigenvalue weighted by Crippen LogP contribution is 2.11. The molecule has 0 saturated heterocycles. The molecule has 0 radical (unpaired) electrons. The second-order valence-corrected chi connectivity index (χ2v) is 6.39. The lowest BCUT2D eigenvalue weighted by atomic mass is 10.0. The van der Waals surface area contributed by atoms with Gasteiger partial charge in [-0.05, 0) is 19.3 Å². The molecule has 0 unspecified atom stereocenters. The zero-order chi connectivity index (χ0) is 18.2. The lowest BCUT2D eigenvalue weighted by molar-refractivity contribution is -0.140. The van der Waals surface area contributed by atoms with Crippen LogP contribution in [-0.4, -0.2) is 46.7 Å². The highest BCUT2D eigenvalue weighted by Gasteiger charge is 2.13. The SMILES string of the molecule is CCCCC[C@@H](O)[C@H](O)/C=C/[C@@H](O)CCCCCCCC(=O)OC. The molecule has 0 fully saturated rings. The summed E-state index contributed by atoms with van der Waals surface area (Å²) >= 11 is 0. The van der Waals surface area contributed by atoms with E-state index in [1.165, 1.54) is 13.2 Å². The molecule has 0 aromatic heterocycles. The van der Waals surface area contributed by atoms with Gasteiger partial charge in [0.1, 0.15) is 0 Å². The standard InChI is InChI=1S/C19H36O5/c1-3-4-8-12-17(21)18(22)15-14-16(20)11-9-6-5-7-10-13-19(23)24-2/h14-18,20-22H,3-13H2,1-2H3/b15-14+/t16-,17+,18+/m0/s1. The Balaban J connectivity index is 3.66. The monoisotopic (exact) mass is 344 g/mol. The number of rotatable bonds is 15. The average molecular weight is 344 g/mol. The average Bonchev–Trinajstić information content (AvgIpc) is 2.58. The molecule has 142 valence electrons. The van der Waals surface area contributed by atoms with Crippen molar-refractivity contribution in [2.75, 3.05) is 7.11 Å². The summed E-state index contributed by atoms with van der Waals surface area (Å²) < 4.78 is 4.58. The van der Waals surface area contributed by atoms with Crippen molar-refractivity contribution in [3.05, 3.63) is 12.2 Å². The van der Waals surface area contributed by atoms with Crippen molar-refractivity contribution in [1.82, 2.24) is 0 Å². The molecule has 0 aliphatic heterocycles. The van der Waals surface area contributed by atoms with Crippen molar-refractivity contribution in [3.8, 4) is 0 Å². The van der Waals surface area contributed by atoms with Crippen molar-refractivity contribution in [3.63, 3.8) is 0 Å².